The zero-order chi connectivity index (χ0) is 14.5. The van der Waals surface area contributed by atoms with Gasteiger partial charge in [-0.2, -0.15) is 0 Å². The Hall–Kier alpha value is -1.25. The summed E-state index contributed by atoms with van der Waals surface area (Å²) in [4.78, 5) is 2.70. The molecule has 2 aromatic rings. The van der Waals surface area contributed by atoms with Gasteiger partial charge in [-0.05, 0) is 50.6 Å². The van der Waals surface area contributed by atoms with Gasteiger partial charge in [0, 0.05) is 16.3 Å². The third kappa shape index (κ3) is 3.87. The van der Waals surface area contributed by atoms with Crippen molar-refractivity contribution in [3.63, 3.8) is 0 Å². The summed E-state index contributed by atoms with van der Waals surface area (Å²) >= 11 is 1.87. The highest BCUT2D eigenvalue weighted by Crippen LogP contribution is 2.33. The Kier molecular flexibility index (Phi) is 5.27. The Morgan fingerprint density at radius 1 is 0.900 bits per heavy atom. The first kappa shape index (κ1) is 15.1. The summed E-state index contributed by atoms with van der Waals surface area (Å²) in [7, 11) is 0. The van der Waals surface area contributed by atoms with Gasteiger partial charge in [0.1, 0.15) is 0 Å². The fraction of sp³-hybridized carbons (Fsp3) is 0.333. The molecule has 0 unspecified atom stereocenters. The monoisotopic (exact) mass is 285 g/mol. The normalized spacial score (nSPS) is 10.8. The molecule has 0 aliphatic heterocycles. The zero-order valence-electron chi connectivity index (χ0n) is 12.8. The predicted octanol–water partition coefficient (Wildman–Crippen LogP) is 4.87. The van der Waals surface area contributed by atoms with Crippen LogP contribution in [0.15, 0.2) is 46.2 Å². The molecule has 0 aliphatic carbocycles. The van der Waals surface area contributed by atoms with Crippen LogP contribution in [0.2, 0.25) is 0 Å². The number of aryl methyl sites for hydroxylation is 3. The molecule has 0 amide bonds. The molecule has 106 valence electrons. The number of benzene rings is 2. The average Bonchev–Trinajstić information content (AvgIpc) is 2.41. The summed E-state index contributed by atoms with van der Waals surface area (Å²) in [6, 6.07) is 13.4. The van der Waals surface area contributed by atoms with E-state index in [0.717, 1.165) is 13.1 Å². The van der Waals surface area contributed by atoms with Gasteiger partial charge in [0.15, 0.2) is 0 Å². The van der Waals surface area contributed by atoms with E-state index in [9.17, 15) is 0 Å². The van der Waals surface area contributed by atoms with Gasteiger partial charge < -0.3 is 5.32 Å². The largest absolute Gasteiger partial charge is 0.313 e. The van der Waals surface area contributed by atoms with E-state index in [4.69, 9.17) is 0 Å². The lowest BCUT2D eigenvalue weighted by Gasteiger charge is -2.12. The van der Waals surface area contributed by atoms with Crippen LogP contribution < -0.4 is 5.32 Å². The maximum Gasteiger partial charge on any atom is 0.0216 e. The molecule has 0 saturated heterocycles. The second kappa shape index (κ2) is 6.96. The highest BCUT2D eigenvalue weighted by molar-refractivity contribution is 7.99. The van der Waals surface area contributed by atoms with Crippen LogP contribution in [-0.4, -0.2) is 6.54 Å². The first-order valence-electron chi connectivity index (χ1n) is 7.15. The number of hydrogen-bond acceptors (Lipinski definition) is 2. The van der Waals surface area contributed by atoms with Crippen molar-refractivity contribution < 1.29 is 0 Å². The van der Waals surface area contributed by atoms with Crippen LogP contribution in [-0.2, 0) is 6.54 Å². The minimum absolute atomic E-state index is 0.936. The molecule has 2 rings (SSSR count). The fourth-order valence-corrected chi connectivity index (χ4v) is 3.23. The molecule has 0 radical (unpaired) electrons. The van der Waals surface area contributed by atoms with E-state index in [-0.39, 0.29) is 0 Å². The molecular weight excluding hydrogens is 262 g/mol. The molecule has 0 bridgehead atoms. The van der Waals surface area contributed by atoms with Gasteiger partial charge in [-0.25, -0.2) is 0 Å². The molecule has 0 aromatic heterocycles. The average molecular weight is 285 g/mol. The van der Waals surface area contributed by atoms with Gasteiger partial charge in [0.25, 0.3) is 0 Å². The number of rotatable bonds is 5. The van der Waals surface area contributed by atoms with Crippen molar-refractivity contribution in [3.05, 3.63) is 58.7 Å². The Morgan fingerprint density at radius 3 is 2.20 bits per heavy atom. The van der Waals surface area contributed by atoms with Gasteiger partial charge >= 0.3 is 0 Å². The summed E-state index contributed by atoms with van der Waals surface area (Å²) in [5, 5.41) is 3.43. The molecule has 20 heavy (non-hydrogen) atoms. The van der Waals surface area contributed by atoms with Crippen molar-refractivity contribution in [2.24, 2.45) is 0 Å². The molecule has 0 heterocycles. The molecule has 0 aliphatic rings. The van der Waals surface area contributed by atoms with Crippen molar-refractivity contribution >= 4 is 11.8 Å². The second-order valence-electron chi connectivity index (χ2n) is 5.26. The Balaban J connectivity index is 2.27. The van der Waals surface area contributed by atoms with Crippen LogP contribution in [0.4, 0.5) is 0 Å². The van der Waals surface area contributed by atoms with Crippen LogP contribution in [0.5, 0.6) is 0 Å². The number of hydrogen-bond donors (Lipinski definition) is 1. The van der Waals surface area contributed by atoms with Crippen LogP contribution in [0.25, 0.3) is 0 Å². The predicted molar refractivity (Wildman–Crippen MR) is 88.6 cm³/mol. The lowest BCUT2D eigenvalue weighted by molar-refractivity contribution is 0.717. The summed E-state index contributed by atoms with van der Waals surface area (Å²) < 4.78 is 0. The molecule has 2 aromatic carbocycles. The third-order valence-electron chi connectivity index (χ3n) is 3.33. The molecule has 1 nitrogen and oxygen atoms in total. The number of nitrogens with one attached hydrogen (secondary N) is 1. The highest BCUT2D eigenvalue weighted by Gasteiger charge is 2.07. The SMILES string of the molecule is CCNCc1cc(C)ccc1Sc1ccc(C)cc1C. The van der Waals surface area contributed by atoms with Crippen molar-refractivity contribution in [3.8, 4) is 0 Å². The maximum absolute atomic E-state index is 3.43. The standard InChI is InChI=1S/C18H23NS/c1-5-19-12-16-11-14(3)7-9-18(16)20-17-8-6-13(2)10-15(17)4/h6-11,19H,5,12H2,1-4H3. The van der Waals surface area contributed by atoms with E-state index in [2.05, 4.69) is 69.4 Å². The Morgan fingerprint density at radius 2 is 1.55 bits per heavy atom. The van der Waals surface area contributed by atoms with Crippen molar-refractivity contribution in [2.75, 3.05) is 6.54 Å². The highest BCUT2D eigenvalue weighted by atomic mass is 32.2. The van der Waals surface area contributed by atoms with Gasteiger partial charge in [-0.1, -0.05) is 54.1 Å². The summed E-state index contributed by atoms with van der Waals surface area (Å²) in [6.07, 6.45) is 0. The molecule has 2 heteroatoms. The zero-order valence-corrected chi connectivity index (χ0v) is 13.6. The summed E-state index contributed by atoms with van der Waals surface area (Å²) in [5.74, 6) is 0. The van der Waals surface area contributed by atoms with E-state index < -0.39 is 0 Å². The molecule has 0 atom stereocenters. The Bertz CT molecular complexity index is 590. The van der Waals surface area contributed by atoms with E-state index in [1.54, 1.807) is 0 Å². The Labute approximate surface area is 126 Å². The lowest BCUT2D eigenvalue weighted by Crippen LogP contribution is -2.12. The van der Waals surface area contributed by atoms with E-state index in [1.165, 1.54) is 32.0 Å². The maximum atomic E-state index is 3.43. The van der Waals surface area contributed by atoms with Crippen LogP contribution >= 0.6 is 11.8 Å². The van der Waals surface area contributed by atoms with E-state index >= 15 is 0 Å². The van der Waals surface area contributed by atoms with Gasteiger partial charge in [0.2, 0.25) is 0 Å². The van der Waals surface area contributed by atoms with Gasteiger partial charge in [0.05, 0.1) is 0 Å². The summed E-state index contributed by atoms with van der Waals surface area (Å²) in [6.45, 7) is 10.6. The smallest absolute Gasteiger partial charge is 0.0216 e. The van der Waals surface area contributed by atoms with Crippen LogP contribution in [0.1, 0.15) is 29.2 Å². The minimum atomic E-state index is 0.936. The fourth-order valence-electron chi connectivity index (χ4n) is 2.24. The molecule has 1 N–H and O–H groups in total. The molecule has 0 saturated carbocycles. The molecule has 0 spiro atoms. The van der Waals surface area contributed by atoms with Gasteiger partial charge in [-0.15, -0.1) is 0 Å². The first-order valence-corrected chi connectivity index (χ1v) is 7.97. The second-order valence-corrected chi connectivity index (χ2v) is 6.35. The van der Waals surface area contributed by atoms with Crippen molar-refractivity contribution in [1.29, 1.82) is 0 Å². The topological polar surface area (TPSA) is 12.0 Å². The molecule has 0 fully saturated rings. The lowest BCUT2D eigenvalue weighted by atomic mass is 10.1. The third-order valence-corrected chi connectivity index (χ3v) is 4.63. The van der Waals surface area contributed by atoms with Crippen LogP contribution in [0, 0.1) is 20.8 Å². The first-order chi connectivity index (χ1) is 9.60. The van der Waals surface area contributed by atoms with Crippen LogP contribution in [0.3, 0.4) is 0 Å². The van der Waals surface area contributed by atoms with Crippen molar-refractivity contribution in [1.82, 2.24) is 5.32 Å². The van der Waals surface area contributed by atoms with Crippen molar-refractivity contribution in [2.45, 2.75) is 44.0 Å². The van der Waals surface area contributed by atoms with Gasteiger partial charge in [-0.3, -0.25) is 0 Å². The van der Waals surface area contributed by atoms with E-state index in [0.29, 0.717) is 0 Å². The molecular formula is C18H23NS. The summed E-state index contributed by atoms with van der Waals surface area (Å²) in [5.41, 5.74) is 5.38. The quantitative estimate of drug-likeness (QED) is 0.841. The minimum Gasteiger partial charge on any atom is -0.313 e. The van der Waals surface area contributed by atoms with E-state index in [1.807, 2.05) is 11.8 Å².